The zero-order chi connectivity index (χ0) is 21.2. The summed E-state index contributed by atoms with van der Waals surface area (Å²) in [6.45, 7) is 0. The molecule has 29 heavy (non-hydrogen) atoms. The van der Waals surface area contributed by atoms with E-state index in [1.165, 1.54) is 18.2 Å². The molecule has 11 heteroatoms. The van der Waals surface area contributed by atoms with E-state index in [2.05, 4.69) is 20.0 Å². The average molecular weight is 405 g/mol. The second-order valence-electron chi connectivity index (χ2n) is 5.88. The zero-order valence-electron chi connectivity index (χ0n) is 15.2. The smallest absolute Gasteiger partial charge is 0.406 e. The van der Waals surface area contributed by atoms with Gasteiger partial charge in [-0.2, -0.15) is 9.59 Å². The van der Waals surface area contributed by atoms with E-state index in [9.17, 15) is 13.2 Å². The summed E-state index contributed by atoms with van der Waals surface area (Å²) >= 11 is 0. The van der Waals surface area contributed by atoms with Gasteiger partial charge in [-0.3, -0.25) is 5.32 Å². The lowest BCUT2D eigenvalue weighted by atomic mass is 10.3. The fraction of sp³-hybridized carbons (Fsp3) is 0.167. The fourth-order valence-corrected chi connectivity index (χ4v) is 2.85. The Bertz CT molecular complexity index is 1210. The Kier molecular flexibility index (Phi) is 5.24. The van der Waals surface area contributed by atoms with Gasteiger partial charge in [0.1, 0.15) is 5.75 Å². The Balaban J connectivity index is 0.000000755. The molecular formula is C18H14F3N5O3. The van der Waals surface area contributed by atoms with Gasteiger partial charge in [0, 0.05) is 20.2 Å². The van der Waals surface area contributed by atoms with Gasteiger partial charge in [-0.15, -0.1) is 13.2 Å². The minimum Gasteiger partial charge on any atom is -0.406 e. The molecule has 150 valence electrons. The van der Waals surface area contributed by atoms with Crippen LogP contribution < -0.4 is 10.1 Å². The lowest BCUT2D eigenvalue weighted by molar-refractivity contribution is -0.274. The molecule has 0 radical (unpaired) electrons. The number of aryl methyl sites for hydroxylation is 2. The second kappa shape index (κ2) is 7.64. The number of imidazole rings is 2. The molecule has 0 aliphatic rings. The number of halogens is 3. The van der Waals surface area contributed by atoms with Gasteiger partial charge >= 0.3 is 12.5 Å². The molecule has 8 nitrogen and oxygen atoms in total. The molecule has 2 aromatic carbocycles. The number of hydrogen-bond acceptors (Lipinski definition) is 6. The van der Waals surface area contributed by atoms with Gasteiger partial charge in [0.05, 0.1) is 22.1 Å². The molecule has 2 aromatic heterocycles. The van der Waals surface area contributed by atoms with Crippen molar-refractivity contribution in [1.29, 1.82) is 0 Å². The number of alkyl halides is 3. The van der Waals surface area contributed by atoms with Crippen LogP contribution in [0, 0.1) is 0 Å². The Hall–Kier alpha value is -3.85. The molecule has 4 aromatic rings. The van der Waals surface area contributed by atoms with Crippen LogP contribution in [0.15, 0.2) is 42.5 Å². The first kappa shape index (κ1) is 19.9. The Morgan fingerprint density at radius 2 is 1.48 bits per heavy atom. The molecule has 0 bridgehead atoms. The maximum absolute atomic E-state index is 12.4. The third kappa shape index (κ3) is 4.19. The van der Waals surface area contributed by atoms with Gasteiger partial charge < -0.3 is 13.9 Å². The molecule has 0 aliphatic heterocycles. The minimum atomic E-state index is -4.74. The summed E-state index contributed by atoms with van der Waals surface area (Å²) in [7, 11) is 3.64. The van der Waals surface area contributed by atoms with Crippen LogP contribution in [-0.2, 0) is 23.7 Å². The quantitative estimate of drug-likeness (QED) is 0.561. The summed E-state index contributed by atoms with van der Waals surface area (Å²) in [6.07, 6.45) is -4.49. The highest BCUT2D eigenvalue weighted by molar-refractivity contribution is 5.82. The summed E-state index contributed by atoms with van der Waals surface area (Å²) in [5.41, 5.74) is 2.84. The Labute approximate surface area is 161 Å². The van der Waals surface area contributed by atoms with E-state index in [0.717, 1.165) is 11.0 Å². The number of carbonyl (C=O) groups excluding carboxylic acids is 2. The van der Waals surface area contributed by atoms with Crippen LogP contribution in [0.25, 0.3) is 22.1 Å². The van der Waals surface area contributed by atoms with Crippen molar-refractivity contribution >= 4 is 40.1 Å². The number of anilines is 2. The third-order valence-electron chi connectivity index (χ3n) is 4.10. The molecule has 2 heterocycles. The molecule has 1 N–H and O–H groups in total. The fourth-order valence-electron chi connectivity index (χ4n) is 2.85. The van der Waals surface area contributed by atoms with Gasteiger partial charge in [-0.05, 0) is 24.3 Å². The first-order chi connectivity index (χ1) is 13.7. The van der Waals surface area contributed by atoms with E-state index in [4.69, 9.17) is 9.59 Å². The van der Waals surface area contributed by atoms with Crippen molar-refractivity contribution in [2.45, 2.75) is 6.36 Å². The SMILES string of the molecule is Cn1c(Nc2nc3cc(OC(F)(F)F)ccc3n2C)nc2ccccc21.O=C=O. The molecule has 0 saturated heterocycles. The van der Waals surface area contributed by atoms with Crippen molar-refractivity contribution in [3.05, 3.63) is 42.5 Å². The molecule has 0 spiro atoms. The van der Waals surface area contributed by atoms with E-state index in [-0.39, 0.29) is 11.9 Å². The Morgan fingerprint density at radius 3 is 2.07 bits per heavy atom. The number of ether oxygens (including phenoxy) is 1. The van der Waals surface area contributed by atoms with Crippen molar-refractivity contribution in [3.63, 3.8) is 0 Å². The van der Waals surface area contributed by atoms with Crippen molar-refractivity contribution in [3.8, 4) is 5.75 Å². The van der Waals surface area contributed by atoms with Crippen LogP contribution in [0.2, 0.25) is 0 Å². The third-order valence-corrected chi connectivity index (χ3v) is 4.10. The van der Waals surface area contributed by atoms with Gasteiger partial charge in [-0.1, -0.05) is 12.1 Å². The van der Waals surface area contributed by atoms with Crippen molar-refractivity contribution in [2.75, 3.05) is 5.32 Å². The number of fused-ring (bicyclic) bond motifs is 2. The van der Waals surface area contributed by atoms with E-state index in [0.29, 0.717) is 22.9 Å². The average Bonchev–Trinajstić information content (AvgIpc) is 3.12. The normalized spacial score (nSPS) is 11.1. The van der Waals surface area contributed by atoms with Gasteiger partial charge in [0.15, 0.2) is 0 Å². The predicted molar refractivity (Wildman–Crippen MR) is 96.4 cm³/mol. The van der Waals surface area contributed by atoms with Crippen molar-refractivity contribution in [2.24, 2.45) is 14.1 Å². The molecule has 0 fully saturated rings. The number of nitrogens with zero attached hydrogens (tertiary/aromatic N) is 4. The summed E-state index contributed by atoms with van der Waals surface area (Å²) in [5, 5.41) is 3.13. The number of rotatable bonds is 3. The van der Waals surface area contributed by atoms with Gasteiger partial charge in [-0.25, -0.2) is 9.97 Å². The monoisotopic (exact) mass is 405 g/mol. The molecule has 0 unspecified atom stereocenters. The first-order valence-corrected chi connectivity index (χ1v) is 8.13. The van der Waals surface area contributed by atoms with Gasteiger partial charge in [0.2, 0.25) is 11.9 Å². The maximum atomic E-state index is 12.4. The number of para-hydroxylation sites is 2. The number of hydrogen-bond donors (Lipinski definition) is 1. The number of nitrogens with one attached hydrogen (secondary N) is 1. The minimum absolute atomic E-state index is 0.250. The van der Waals surface area contributed by atoms with E-state index in [1.54, 1.807) is 11.6 Å². The molecule has 0 aliphatic carbocycles. The molecular weight excluding hydrogens is 391 g/mol. The summed E-state index contributed by atoms with van der Waals surface area (Å²) < 4.78 is 44.7. The van der Waals surface area contributed by atoms with Crippen LogP contribution in [0.5, 0.6) is 5.75 Å². The van der Waals surface area contributed by atoms with E-state index < -0.39 is 6.36 Å². The van der Waals surface area contributed by atoms with E-state index in [1.807, 2.05) is 35.9 Å². The highest BCUT2D eigenvalue weighted by Gasteiger charge is 2.31. The summed E-state index contributed by atoms with van der Waals surface area (Å²) in [6, 6.07) is 11.7. The second-order valence-corrected chi connectivity index (χ2v) is 5.88. The van der Waals surface area contributed by atoms with Crippen LogP contribution in [-0.4, -0.2) is 31.6 Å². The molecule has 4 rings (SSSR count). The largest absolute Gasteiger partial charge is 0.573 e. The molecule has 0 atom stereocenters. The lowest BCUT2D eigenvalue weighted by Gasteiger charge is -2.08. The van der Waals surface area contributed by atoms with Crippen LogP contribution >= 0.6 is 0 Å². The molecule has 0 amide bonds. The maximum Gasteiger partial charge on any atom is 0.573 e. The lowest BCUT2D eigenvalue weighted by Crippen LogP contribution is -2.16. The highest BCUT2D eigenvalue weighted by Crippen LogP contribution is 2.29. The van der Waals surface area contributed by atoms with Crippen molar-refractivity contribution in [1.82, 2.24) is 19.1 Å². The number of aromatic nitrogens is 4. The zero-order valence-corrected chi connectivity index (χ0v) is 15.2. The predicted octanol–water partition coefficient (Wildman–Crippen LogP) is 3.52. The van der Waals surface area contributed by atoms with Crippen molar-refractivity contribution < 1.29 is 27.5 Å². The van der Waals surface area contributed by atoms with E-state index >= 15 is 0 Å². The topological polar surface area (TPSA) is 91.0 Å². The van der Waals surface area contributed by atoms with Gasteiger partial charge in [0.25, 0.3) is 0 Å². The standard InChI is InChI=1S/C17H14F3N5O.CO2/c1-24-13-6-4-3-5-11(13)21-15(24)23-16-22-12-9-10(26-17(18,19)20)7-8-14(12)25(16)2;2-1-3/h3-9H,1-2H3,(H,21,22,23);. The highest BCUT2D eigenvalue weighted by atomic mass is 19.4. The summed E-state index contributed by atoms with van der Waals surface area (Å²) in [4.78, 5) is 25.1. The first-order valence-electron chi connectivity index (χ1n) is 8.13. The Morgan fingerprint density at radius 1 is 0.931 bits per heavy atom. The van der Waals surface area contributed by atoms with Crippen LogP contribution in [0.3, 0.4) is 0 Å². The van der Waals surface area contributed by atoms with Crippen LogP contribution in [0.1, 0.15) is 0 Å². The van der Waals surface area contributed by atoms with Crippen LogP contribution in [0.4, 0.5) is 25.1 Å². The molecule has 0 saturated carbocycles. The summed E-state index contributed by atoms with van der Waals surface area (Å²) in [5.74, 6) is 0.733. The number of benzene rings is 2.